The van der Waals surface area contributed by atoms with Gasteiger partial charge in [-0.3, -0.25) is 0 Å². The monoisotopic (exact) mass is 453 g/mol. The Kier molecular flexibility index (Phi) is 8.24. The average molecular weight is 453 g/mol. The van der Waals surface area contributed by atoms with E-state index in [0.29, 0.717) is 0 Å². The van der Waals surface area contributed by atoms with E-state index < -0.39 is 92.1 Å². The molecule has 0 spiro atoms. The SMILES string of the molecule is CC1C(O)COC(OC2C(N)CC(N)C(OC3OC(CO)C(O)C(O)C3N)C2O)C1O. The van der Waals surface area contributed by atoms with Crippen LogP contribution in [0.4, 0.5) is 0 Å². The minimum atomic E-state index is -1.43. The minimum absolute atomic E-state index is 0.0477. The smallest absolute Gasteiger partial charge is 0.184 e. The zero-order chi connectivity index (χ0) is 23.0. The molecule has 0 amide bonds. The first kappa shape index (κ1) is 25.1. The Bertz CT molecular complexity index is 589. The number of nitrogens with two attached hydrogens (primary N) is 3. The van der Waals surface area contributed by atoms with Crippen molar-refractivity contribution in [1.82, 2.24) is 0 Å². The molecule has 0 aromatic rings. The largest absolute Gasteiger partial charge is 0.394 e. The Balaban J connectivity index is 1.70. The third-order valence-electron chi connectivity index (χ3n) is 6.43. The fourth-order valence-electron chi connectivity index (χ4n) is 4.21. The predicted molar refractivity (Wildman–Crippen MR) is 103 cm³/mol. The Morgan fingerprint density at radius 2 is 1.42 bits per heavy atom. The van der Waals surface area contributed by atoms with E-state index in [1.807, 2.05) is 0 Å². The van der Waals surface area contributed by atoms with E-state index >= 15 is 0 Å². The molecule has 3 fully saturated rings. The number of hydrogen-bond acceptors (Lipinski definition) is 13. The number of ether oxygens (including phenoxy) is 4. The molecule has 0 radical (unpaired) electrons. The van der Waals surface area contributed by atoms with Crippen molar-refractivity contribution in [3.63, 3.8) is 0 Å². The highest BCUT2D eigenvalue weighted by Crippen LogP contribution is 2.31. The molecule has 2 heterocycles. The van der Waals surface area contributed by atoms with Crippen LogP contribution in [0.15, 0.2) is 0 Å². The molecule has 1 saturated carbocycles. The molecule has 13 nitrogen and oxygen atoms in total. The van der Waals surface area contributed by atoms with E-state index in [2.05, 4.69) is 0 Å². The van der Waals surface area contributed by atoms with Crippen LogP contribution >= 0.6 is 0 Å². The van der Waals surface area contributed by atoms with Crippen LogP contribution in [0.1, 0.15) is 13.3 Å². The minimum Gasteiger partial charge on any atom is -0.394 e. The molecule has 14 atom stereocenters. The molecule has 3 rings (SSSR count). The zero-order valence-corrected chi connectivity index (χ0v) is 17.3. The van der Waals surface area contributed by atoms with Crippen LogP contribution in [0, 0.1) is 5.92 Å². The lowest BCUT2D eigenvalue weighted by Gasteiger charge is -2.47. The highest BCUT2D eigenvalue weighted by Gasteiger charge is 2.50. The van der Waals surface area contributed by atoms with E-state index in [4.69, 9.17) is 36.1 Å². The van der Waals surface area contributed by atoms with Crippen LogP contribution in [0.25, 0.3) is 0 Å². The molecule has 1 aliphatic carbocycles. The molecule has 0 aromatic carbocycles. The standard InChI is InChI=1S/C18H35N3O10/c1-5-8(23)4-28-18(11(5)24)31-16-7(20)2-6(19)15(14(16)27)30-17-10(21)13(26)12(25)9(3-22)29-17/h5-18,22-27H,2-4,19-21H2,1H3. The maximum atomic E-state index is 10.9. The summed E-state index contributed by atoms with van der Waals surface area (Å²) in [5.41, 5.74) is 18.1. The van der Waals surface area contributed by atoms with Crippen LogP contribution in [0.3, 0.4) is 0 Å². The van der Waals surface area contributed by atoms with E-state index in [1.54, 1.807) is 6.92 Å². The van der Waals surface area contributed by atoms with Gasteiger partial charge in [-0.15, -0.1) is 0 Å². The number of hydrogen-bond donors (Lipinski definition) is 9. The van der Waals surface area contributed by atoms with Crippen molar-refractivity contribution in [2.45, 2.75) is 92.9 Å². The van der Waals surface area contributed by atoms with Crippen molar-refractivity contribution in [1.29, 1.82) is 0 Å². The van der Waals surface area contributed by atoms with Crippen molar-refractivity contribution in [3.8, 4) is 0 Å². The lowest BCUT2D eigenvalue weighted by Crippen LogP contribution is -2.68. The number of aliphatic hydroxyl groups is 6. The first-order valence-electron chi connectivity index (χ1n) is 10.4. The van der Waals surface area contributed by atoms with Gasteiger partial charge >= 0.3 is 0 Å². The summed E-state index contributed by atoms with van der Waals surface area (Å²) in [6.07, 6.45) is -11.7. The van der Waals surface area contributed by atoms with Gasteiger partial charge in [-0.1, -0.05) is 6.92 Å². The molecular weight excluding hydrogens is 418 g/mol. The van der Waals surface area contributed by atoms with Crippen molar-refractivity contribution >= 4 is 0 Å². The van der Waals surface area contributed by atoms with E-state index in [1.165, 1.54) is 0 Å². The normalized spacial score (nSPS) is 54.0. The fourth-order valence-corrected chi connectivity index (χ4v) is 4.21. The molecule has 3 aliphatic rings. The summed E-state index contributed by atoms with van der Waals surface area (Å²) < 4.78 is 22.3. The Morgan fingerprint density at radius 3 is 2.00 bits per heavy atom. The second-order valence-electron chi connectivity index (χ2n) is 8.66. The second kappa shape index (κ2) is 10.2. The van der Waals surface area contributed by atoms with Gasteiger partial charge in [-0.2, -0.15) is 0 Å². The fraction of sp³-hybridized carbons (Fsp3) is 1.00. The summed E-state index contributed by atoms with van der Waals surface area (Å²) in [4.78, 5) is 0. The van der Waals surface area contributed by atoms with E-state index in [-0.39, 0.29) is 13.0 Å². The first-order valence-corrected chi connectivity index (χ1v) is 10.4. The topological polar surface area (TPSA) is 236 Å². The molecule has 2 saturated heterocycles. The third kappa shape index (κ3) is 5.04. The van der Waals surface area contributed by atoms with Gasteiger partial charge in [0.1, 0.15) is 42.7 Å². The summed E-state index contributed by atoms with van der Waals surface area (Å²) in [5, 5.41) is 60.4. The summed E-state index contributed by atoms with van der Waals surface area (Å²) in [7, 11) is 0. The van der Waals surface area contributed by atoms with Gasteiger partial charge in [0.15, 0.2) is 12.6 Å². The second-order valence-corrected chi connectivity index (χ2v) is 8.66. The highest BCUT2D eigenvalue weighted by atomic mass is 16.7. The molecule has 2 aliphatic heterocycles. The first-order chi connectivity index (χ1) is 14.6. The quantitative estimate of drug-likeness (QED) is 0.189. The molecule has 14 unspecified atom stereocenters. The van der Waals surface area contributed by atoms with Crippen molar-refractivity contribution in [2.75, 3.05) is 13.2 Å². The lowest BCUT2D eigenvalue weighted by molar-refractivity contribution is -0.313. The number of rotatable bonds is 5. The van der Waals surface area contributed by atoms with Crippen molar-refractivity contribution in [2.24, 2.45) is 23.1 Å². The van der Waals surface area contributed by atoms with E-state index in [0.717, 1.165) is 0 Å². The lowest BCUT2D eigenvalue weighted by atomic mass is 9.84. The van der Waals surface area contributed by atoms with Gasteiger partial charge < -0.3 is 66.8 Å². The molecule has 13 heteroatoms. The summed E-state index contributed by atoms with van der Waals surface area (Å²) in [6, 6.07) is -2.62. The van der Waals surface area contributed by atoms with Gasteiger partial charge in [0.05, 0.1) is 25.4 Å². The molecular formula is C18H35N3O10. The van der Waals surface area contributed by atoms with Gasteiger partial charge in [-0.25, -0.2) is 0 Å². The maximum Gasteiger partial charge on any atom is 0.184 e. The Morgan fingerprint density at radius 1 is 0.839 bits per heavy atom. The Hall–Kier alpha value is -0.520. The molecule has 0 bridgehead atoms. The van der Waals surface area contributed by atoms with Crippen LogP contribution in [0.5, 0.6) is 0 Å². The van der Waals surface area contributed by atoms with Crippen molar-refractivity contribution < 1.29 is 49.6 Å². The van der Waals surface area contributed by atoms with E-state index in [9.17, 15) is 30.6 Å². The van der Waals surface area contributed by atoms with Gasteiger partial charge in [0.2, 0.25) is 0 Å². The van der Waals surface area contributed by atoms with Gasteiger partial charge in [0.25, 0.3) is 0 Å². The average Bonchev–Trinajstić information content (AvgIpc) is 2.73. The van der Waals surface area contributed by atoms with Gasteiger partial charge in [0, 0.05) is 18.0 Å². The number of aliphatic hydroxyl groups excluding tert-OH is 6. The molecule has 182 valence electrons. The third-order valence-corrected chi connectivity index (χ3v) is 6.43. The molecule has 0 aromatic heterocycles. The zero-order valence-electron chi connectivity index (χ0n) is 17.3. The van der Waals surface area contributed by atoms with Crippen LogP contribution in [-0.2, 0) is 18.9 Å². The summed E-state index contributed by atoms with van der Waals surface area (Å²) >= 11 is 0. The highest BCUT2D eigenvalue weighted by molar-refractivity contribution is 5.01. The maximum absolute atomic E-state index is 10.9. The van der Waals surface area contributed by atoms with Crippen LogP contribution in [-0.4, -0.2) is 123 Å². The van der Waals surface area contributed by atoms with Gasteiger partial charge in [-0.05, 0) is 6.42 Å². The summed E-state index contributed by atoms with van der Waals surface area (Å²) in [5.74, 6) is -0.512. The molecule has 12 N–H and O–H groups in total. The van der Waals surface area contributed by atoms with Crippen LogP contribution < -0.4 is 17.2 Å². The van der Waals surface area contributed by atoms with Crippen molar-refractivity contribution in [3.05, 3.63) is 0 Å². The molecule has 31 heavy (non-hydrogen) atoms. The summed E-state index contributed by atoms with van der Waals surface area (Å²) in [6.45, 7) is 1.02. The Labute approximate surface area is 179 Å². The van der Waals surface area contributed by atoms with Crippen LogP contribution in [0.2, 0.25) is 0 Å². The predicted octanol–water partition coefficient (Wildman–Crippen LogP) is -5.34.